The second-order valence-electron chi connectivity index (χ2n) is 2.11. The van der Waals surface area contributed by atoms with Gasteiger partial charge in [-0.05, 0) is 0 Å². The summed E-state index contributed by atoms with van der Waals surface area (Å²) in [7, 11) is 0. The molecule has 0 amide bonds. The van der Waals surface area contributed by atoms with E-state index in [1.165, 1.54) is 6.33 Å². The highest BCUT2D eigenvalue weighted by atomic mass is 16.5. The highest BCUT2D eigenvalue weighted by Crippen LogP contribution is 1.98. The molecule has 3 N–H and O–H groups in total. The minimum atomic E-state index is 0.0906. The van der Waals surface area contributed by atoms with Crippen molar-refractivity contribution in [2.45, 2.75) is 0 Å². The van der Waals surface area contributed by atoms with Gasteiger partial charge in [0.1, 0.15) is 11.8 Å². The average Bonchev–Trinajstić information content (AvgIpc) is 2.54. The Morgan fingerprint density at radius 1 is 1.50 bits per heavy atom. The number of nitrogens with one attached hydrogen (secondary N) is 1. The summed E-state index contributed by atoms with van der Waals surface area (Å²) in [6.45, 7) is 0. The molecule has 0 spiro atoms. The van der Waals surface area contributed by atoms with E-state index in [0.29, 0.717) is 5.52 Å². The fraction of sp³-hybridized carbons (Fsp3) is 0. The molecule has 0 aliphatic rings. The Morgan fingerprint density at radius 2 is 2.33 bits per heavy atom. The van der Waals surface area contributed by atoms with Crippen molar-refractivity contribution >= 4 is 11.2 Å². The van der Waals surface area contributed by atoms with Gasteiger partial charge in [0.2, 0.25) is 5.49 Å². The van der Waals surface area contributed by atoms with E-state index in [1.807, 2.05) is 0 Å². The minimum absolute atomic E-state index is 0.0906. The van der Waals surface area contributed by atoms with E-state index in [1.54, 1.807) is 0 Å². The van der Waals surface area contributed by atoms with Crippen LogP contribution in [0.1, 0.15) is 0 Å². The SMILES string of the molecule is ON=c1ncn(O)c2nc[nH]c12. The Hall–Kier alpha value is -2.05. The number of aromatic nitrogens is 4. The lowest BCUT2D eigenvalue weighted by Crippen LogP contribution is -2.12. The largest absolute Gasteiger partial charge is 0.425 e. The van der Waals surface area contributed by atoms with Crippen LogP contribution in [-0.2, 0) is 0 Å². The summed E-state index contributed by atoms with van der Waals surface area (Å²) in [6.07, 6.45) is 2.46. The molecule has 12 heavy (non-hydrogen) atoms. The van der Waals surface area contributed by atoms with Crippen LogP contribution in [0.5, 0.6) is 0 Å². The van der Waals surface area contributed by atoms with Crippen molar-refractivity contribution in [1.82, 2.24) is 19.7 Å². The molecule has 2 aromatic heterocycles. The van der Waals surface area contributed by atoms with Crippen molar-refractivity contribution < 1.29 is 10.4 Å². The van der Waals surface area contributed by atoms with E-state index in [2.05, 4.69) is 20.1 Å². The normalized spacial score (nSPS) is 12.5. The highest BCUT2D eigenvalue weighted by molar-refractivity contribution is 5.67. The first kappa shape index (κ1) is 6.65. The van der Waals surface area contributed by atoms with Gasteiger partial charge in [0, 0.05) is 0 Å². The van der Waals surface area contributed by atoms with Gasteiger partial charge in [-0.1, -0.05) is 5.16 Å². The molecule has 2 heterocycles. The van der Waals surface area contributed by atoms with Gasteiger partial charge in [0.25, 0.3) is 0 Å². The van der Waals surface area contributed by atoms with E-state index in [4.69, 9.17) is 10.4 Å². The molecule has 0 saturated heterocycles. The van der Waals surface area contributed by atoms with Gasteiger partial charge in [-0.25, -0.2) is 9.97 Å². The molecule has 7 nitrogen and oxygen atoms in total. The number of imidazole rings is 1. The Morgan fingerprint density at radius 3 is 3.08 bits per heavy atom. The van der Waals surface area contributed by atoms with E-state index in [0.717, 1.165) is 11.1 Å². The summed E-state index contributed by atoms with van der Waals surface area (Å²) in [4.78, 5) is 10.1. The Balaban J connectivity index is 3.02. The van der Waals surface area contributed by atoms with Crippen LogP contribution in [0.4, 0.5) is 0 Å². The zero-order chi connectivity index (χ0) is 8.55. The van der Waals surface area contributed by atoms with Gasteiger partial charge in [-0.3, -0.25) is 0 Å². The number of aromatic amines is 1. The van der Waals surface area contributed by atoms with E-state index >= 15 is 0 Å². The van der Waals surface area contributed by atoms with Crippen molar-refractivity contribution in [2.75, 3.05) is 0 Å². The molecular formula is C5H5N5O2. The van der Waals surface area contributed by atoms with Crippen molar-refractivity contribution in [1.29, 1.82) is 0 Å². The zero-order valence-corrected chi connectivity index (χ0v) is 5.84. The minimum Gasteiger partial charge on any atom is -0.425 e. The maximum atomic E-state index is 9.13. The molecule has 2 aromatic rings. The first-order valence-electron chi connectivity index (χ1n) is 3.11. The fourth-order valence-electron chi connectivity index (χ4n) is 0.930. The molecule has 0 aliphatic carbocycles. The van der Waals surface area contributed by atoms with E-state index in [-0.39, 0.29) is 11.1 Å². The lowest BCUT2D eigenvalue weighted by Gasteiger charge is -1.94. The van der Waals surface area contributed by atoms with E-state index in [9.17, 15) is 0 Å². The van der Waals surface area contributed by atoms with Crippen LogP contribution < -0.4 is 5.49 Å². The van der Waals surface area contributed by atoms with Gasteiger partial charge in [-0.2, -0.15) is 4.73 Å². The average molecular weight is 167 g/mol. The Bertz CT molecular complexity index is 470. The number of fused-ring (bicyclic) bond motifs is 1. The van der Waals surface area contributed by atoms with Crippen molar-refractivity contribution in [2.24, 2.45) is 5.16 Å². The topological polar surface area (TPSA) is 99.3 Å². The standard InChI is InChI=1S/C5H5N5O2/c11-9-4-3-5(7-1-6-3)10(12)2-8-4/h1-2,11-12H,(H,6,7). The molecule has 0 unspecified atom stereocenters. The molecule has 7 heteroatoms. The number of H-pyrrole nitrogens is 1. The molecule has 0 radical (unpaired) electrons. The van der Waals surface area contributed by atoms with Crippen LogP contribution >= 0.6 is 0 Å². The van der Waals surface area contributed by atoms with Crippen LogP contribution in [0.15, 0.2) is 17.8 Å². The summed E-state index contributed by atoms with van der Waals surface area (Å²) in [6, 6.07) is 0. The van der Waals surface area contributed by atoms with Crippen LogP contribution in [0.3, 0.4) is 0 Å². The van der Waals surface area contributed by atoms with Crippen molar-refractivity contribution in [3.8, 4) is 0 Å². The molecule has 62 valence electrons. The molecular weight excluding hydrogens is 162 g/mol. The summed E-state index contributed by atoms with van der Waals surface area (Å²) < 4.78 is 0.737. The number of hydrogen-bond donors (Lipinski definition) is 3. The fourth-order valence-corrected chi connectivity index (χ4v) is 0.930. The molecule has 0 aromatic carbocycles. The number of hydrogen-bond acceptors (Lipinski definition) is 5. The van der Waals surface area contributed by atoms with Crippen LogP contribution in [0.25, 0.3) is 11.2 Å². The number of nitrogens with zero attached hydrogens (tertiary/aromatic N) is 4. The maximum absolute atomic E-state index is 9.13. The first-order valence-corrected chi connectivity index (χ1v) is 3.11. The lowest BCUT2D eigenvalue weighted by molar-refractivity contribution is 0.191. The Labute approximate surface area is 65.6 Å². The third-order valence-electron chi connectivity index (χ3n) is 1.44. The Kier molecular flexibility index (Phi) is 1.23. The summed E-state index contributed by atoms with van der Waals surface area (Å²) in [5.74, 6) is 0. The molecule has 0 saturated carbocycles. The third-order valence-corrected chi connectivity index (χ3v) is 1.44. The second-order valence-corrected chi connectivity index (χ2v) is 2.11. The first-order chi connectivity index (χ1) is 5.83. The smallest absolute Gasteiger partial charge is 0.220 e. The van der Waals surface area contributed by atoms with Gasteiger partial charge in [-0.15, -0.1) is 0 Å². The van der Waals surface area contributed by atoms with Gasteiger partial charge < -0.3 is 15.4 Å². The quantitative estimate of drug-likeness (QED) is 0.274. The summed E-state index contributed by atoms with van der Waals surface area (Å²) >= 11 is 0. The predicted octanol–water partition coefficient (Wildman–Crippen LogP) is -0.713. The summed E-state index contributed by atoms with van der Waals surface area (Å²) in [5, 5.41) is 20.5. The molecule has 0 bridgehead atoms. The molecule has 0 fully saturated rings. The van der Waals surface area contributed by atoms with Crippen LogP contribution in [0.2, 0.25) is 0 Å². The zero-order valence-electron chi connectivity index (χ0n) is 5.84. The van der Waals surface area contributed by atoms with E-state index < -0.39 is 0 Å². The van der Waals surface area contributed by atoms with Crippen LogP contribution in [0, 0.1) is 0 Å². The monoisotopic (exact) mass is 167 g/mol. The number of rotatable bonds is 0. The molecule has 0 atom stereocenters. The summed E-state index contributed by atoms with van der Waals surface area (Å²) in [5.41, 5.74) is 0.730. The molecule has 2 rings (SSSR count). The van der Waals surface area contributed by atoms with Gasteiger partial charge >= 0.3 is 0 Å². The van der Waals surface area contributed by atoms with Crippen molar-refractivity contribution in [3.05, 3.63) is 18.1 Å². The highest BCUT2D eigenvalue weighted by Gasteiger charge is 2.02. The third kappa shape index (κ3) is 0.729. The van der Waals surface area contributed by atoms with Crippen molar-refractivity contribution in [3.63, 3.8) is 0 Å². The lowest BCUT2D eigenvalue weighted by atomic mass is 10.5. The predicted molar refractivity (Wildman–Crippen MR) is 36.4 cm³/mol. The van der Waals surface area contributed by atoms with Gasteiger partial charge in [0.05, 0.1) is 6.33 Å². The van der Waals surface area contributed by atoms with Crippen LogP contribution in [-0.4, -0.2) is 30.1 Å². The second kappa shape index (κ2) is 2.22. The van der Waals surface area contributed by atoms with Gasteiger partial charge in [0.15, 0.2) is 5.65 Å². The maximum Gasteiger partial charge on any atom is 0.220 e. The molecule has 0 aliphatic heterocycles.